The highest BCUT2D eigenvalue weighted by atomic mass is 19.1. The molecule has 132 valence electrons. The lowest BCUT2D eigenvalue weighted by molar-refractivity contribution is 0.628. The molecule has 3 aromatic carbocycles. The van der Waals surface area contributed by atoms with Gasteiger partial charge in [0.05, 0.1) is 11.4 Å². The molecular formula is C23H14F3N. The molecule has 0 bridgehead atoms. The van der Waals surface area contributed by atoms with Crippen LogP contribution in [0.15, 0.2) is 84.9 Å². The Labute approximate surface area is 154 Å². The molecule has 0 saturated heterocycles. The standard InChI is InChI=1S/C23H14F3N/c24-19-10-4-1-7-15(19)16-13-14-22(17-8-2-5-11-20(17)25)27-23(16)18-9-3-6-12-21(18)26/h1-14H. The van der Waals surface area contributed by atoms with Crippen LogP contribution in [0.1, 0.15) is 0 Å². The van der Waals surface area contributed by atoms with Gasteiger partial charge in [0.2, 0.25) is 0 Å². The van der Waals surface area contributed by atoms with Crippen molar-refractivity contribution in [3.8, 4) is 33.6 Å². The first-order valence-electron chi connectivity index (χ1n) is 8.41. The lowest BCUT2D eigenvalue weighted by atomic mass is 9.97. The number of hydrogen-bond acceptors (Lipinski definition) is 1. The molecule has 0 aliphatic rings. The zero-order chi connectivity index (χ0) is 18.8. The van der Waals surface area contributed by atoms with Crippen LogP contribution >= 0.6 is 0 Å². The van der Waals surface area contributed by atoms with Crippen molar-refractivity contribution >= 4 is 0 Å². The third-order valence-corrected chi connectivity index (χ3v) is 4.34. The van der Waals surface area contributed by atoms with Crippen LogP contribution in [0.5, 0.6) is 0 Å². The second-order valence-corrected chi connectivity index (χ2v) is 6.03. The minimum atomic E-state index is -0.478. The number of aromatic nitrogens is 1. The van der Waals surface area contributed by atoms with Crippen LogP contribution in [0.3, 0.4) is 0 Å². The van der Waals surface area contributed by atoms with Gasteiger partial charge in [0.1, 0.15) is 17.5 Å². The highest BCUT2D eigenvalue weighted by Crippen LogP contribution is 2.35. The number of hydrogen-bond donors (Lipinski definition) is 0. The zero-order valence-corrected chi connectivity index (χ0v) is 14.2. The highest BCUT2D eigenvalue weighted by Gasteiger charge is 2.17. The van der Waals surface area contributed by atoms with Crippen LogP contribution in [-0.4, -0.2) is 4.98 Å². The molecule has 0 amide bonds. The van der Waals surface area contributed by atoms with Crippen molar-refractivity contribution in [3.05, 3.63) is 102 Å². The molecule has 4 aromatic rings. The van der Waals surface area contributed by atoms with E-state index in [9.17, 15) is 13.2 Å². The molecule has 0 radical (unpaired) electrons. The summed E-state index contributed by atoms with van der Waals surface area (Å²) in [5.74, 6) is -1.34. The Balaban J connectivity index is 2.00. The molecule has 0 fully saturated rings. The summed E-state index contributed by atoms with van der Waals surface area (Å²) < 4.78 is 43.1. The SMILES string of the molecule is Fc1ccccc1-c1ccc(-c2ccccc2F)c(-c2ccccc2F)n1. The maximum absolute atomic E-state index is 14.5. The van der Waals surface area contributed by atoms with E-state index in [0.717, 1.165) is 0 Å². The molecule has 4 rings (SSSR count). The van der Waals surface area contributed by atoms with Gasteiger partial charge >= 0.3 is 0 Å². The summed E-state index contributed by atoms with van der Waals surface area (Å²) in [5.41, 5.74) is 1.90. The lowest BCUT2D eigenvalue weighted by Gasteiger charge is -2.13. The van der Waals surface area contributed by atoms with Crippen LogP contribution in [0.2, 0.25) is 0 Å². The molecule has 0 unspecified atom stereocenters. The van der Waals surface area contributed by atoms with E-state index in [0.29, 0.717) is 22.4 Å². The molecule has 0 spiro atoms. The molecule has 1 aromatic heterocycles. The van der Waals surface area contributed by atoms with Crippen LogP contribution in [0.4, 0.5) is 13.2 Å². The summed E-state index contributed by atoms with van der Waals surface area (Å²) in [5, 5.41) is 0. The fourth-order valence-electron chi connectivity index (χ4n) is 3.03. The normalized spacial score (nSPS) is 10.8. The Bertz CT molecular complexity index is 1120. The second-order valence-electron chi connectivity index (χ2n) is 6.03. The molecule has 4 heteroatoms. The predicted molar refractivity (Wildman–Crippen MR) is 100 cm³/mol. The van der Waals surface area contributed by atoms with Crippen LogP contribution < -0.4 is 0 Å². The van der Waals surface area contributed by atoms with Gasteiger partial charge in [0.15, 0.2) is 0 Å². The van der Waals surface area contributed by atoms with Gasteiger partial charge in [0.25, 0.3) is 0 Å². The number of nitrogens with zero attached hydrogens (tertiary/aromatic N) is 1. The number of halogens is 3. The van der Waals surface area contributed by atoms with E-state index < -0.39 is 17.5 Å². The second kappa shape index (κ2) is 7.08. The lowest BCUT2D eigenvalue weighted by Crippen LogP contribution is -1.97. The van der Waals surface area contributed by atoms with Gasteiger partial charge < -0.3 is 0 Å². The summed E-state index contributed by atoms with van der Waals surface area (Å²) in [4.78, 5) is 4.51. The van der Waals surface area contributed by atoms with E-state index in [1.807, 2.05) is 0 Å². The van der Waals surface area contributed by atoms with Gasteiger partial charge in [0, 0.05) is 22.3 Å². The molecular weight excluding hydrogens is 347 g/mol. The molecule has 0 saturated carbocycles. The third-order valence-electron chi connectivity index (χ3n) is 4.34. The van der Waals surface area contributed by atoms with Crippen molar-refractivity contribution < 1.29 is 13.2 Å². The quantitative estimate of drug-likeness (QED) is 0.406. The zero-order valence-electron chi connectivity index (χ0n) is 14.2. The average Bonchev–Trinajstić information content (AvgIpc) is 2.69. The van der Waals surface area contributed by atoms with Gasteiger partial charge in [-0.05, 0) is 42.5 Å². The van der Waals surface area contributed by atoms with E-state index in [2.05, 4.69) is 4.98 Å². The van der Waals surface area contributed by atoms with E-state index in [-0.39, 0.29) is 11.3 Å². The molecule has 0 aliphatic carbocycles. The summed E-state index contributed by atoms with van der Waals surface area (Å²) in [6, 6.07) is 21.9. The van der Waals surface area contributed by atoms with Crippen molar-refractivity contribution in [2.24, 2.45) is 0 Å². The van der Waals surface area contributed by atoms with Gasteiger partial charge in [-0.15, -0.1) is 0 Å². The minimum absolute atomic E-state index is 0.231. The fraction of sp³-hybridized carbons (Fsp3) is 0. The van der Waals surface area contributed by atoms with Crippen molar-refractivity contribution in [2.45, 2.75) is 0 Å². The molecule has 1 nitrogen and oxygen atoms in total. The van der Waals surface area contributed by atoms with Gasteiger partial charge in [-0.2, -0.15) is 0 Å². The fourth-order valence-corrected chi connectivity index (χ4v) is 3.03. The topological polar surface area (TPSA) is 12.9 Å². The van der Waals surface area contributed by atoms with Crippen molar-refractivity contribution in [1.82, 2.24) is 4.98 Å². The van der Waals surface area contributed by atoms with Crippen molar-refractivity contribution in [1.29, 1.82) is 0 Å². The number of benzene rings is 3. The van der Waals surface area contributed by atoms with Crippen molar-refractivity contribution in [2.75, 3.05) is 0 Å². The molecule has 0 atom stereocenters. The molecule has 0 N–H and O–H groups in total. The van der Waals surface area contributed by atoms with Crippen LogP contribution in [0, 0.1) is 17.5 Å². The summed E-state index contributed by atoms with van der Waals surface area (Å²) >= 11 is 0. The van der Waals surface area contributed by atoms with E-state index >= 15 is 0 Å². The van der Waals surface area contributed by atoms with E-state index in [1.54, 1.807) is 66.7 Å². The Hall–Kier alpha value is -3.40. The molecule has 0 aliphatic heterocycles. The first-order valence-corrected chi connectivity index (χ1v) is 8.41. The van der Waals surface area contributed by atoms with E-state index in [1.165, 1.54) is 18.2 Å². The molecule has 27 heavy (non-hydrogen) atoms. The molecule has 1 heterocycles. The number of rotatable bonds is 3. The monoisotopic (exact) mass is 361 g/mol. The van der Waals surface area contributed by atoms with Gasteiger partial charge in [-0.25, -0.2) is 18.2 Å². The minimum Gasteiger partial charge on any atom is -0.247 e. The van der Waals surface area contributed by atoms with Crippen LogP contribution in [0.25, 0.3) is 33.6 Å². The third kappa shape index (κ3) is 3.22. The Kier molecular flexibility index (Phi) is 4.47. The van der Waals surface area contributed by atoms with Crippen molar-refractivity contribution in [3.63, 3.8) is 0 Å². The maximum Gasteiger partial charge on any atom is 0.132 e. The predicted octanol–water partition coefficient (Wildman–Crippen LogP) is 6.50. The highest BCUT2D eigenvalue weighted by molar-refractivity contribution is 5.83. The Morgan fingerprint density at radius 1 is 0.444 bits per heavy atom. The van der Waals surface area contributed by atoms with E-state index in [4.69, 9.17) is 0 Å². The first-order chi connectivity index (χ1) is 13.1. The summed E-state index contributed by atoms with van der Waals surface area (Å²) in [6.07, 6.45) is 0. The summed E-state index contributed by atoms with van der Waals surface area (Å²) in [7, 11) is 0. The van der Waals surface area contributed by atoms with Gasteiger partial charge in [-0.1, -0.05) is 42.5 Å². The largest absolute Gasteiger partial charge is 0.247 e. The van der Waals surface area contributed by atoms with Gasteiger partial charge in [-0.3, -0.25) is 0 Å². The first kappa shape index (κ1) is 17.0. The average molecular weight is 361 g/mol. The van der Waals surface area contributed by atoms with Crippen LogP contribution in [-0.2, 0) is 0 Å². The Morgan fingerprint density at radius 2 is 0.926 bits per heavy atom. The Morgan fingerprint density at radius 3 is 1.48 bits per heavy atom. The smallest absolute Gasteiger partial charge is 0.132 e. The summed E-state index contributed by atoms with van der Waals surface area (Å²) in [6.45, 7) is 0. The number of pyridine rings is 1. The maximum atomic E-state index is 14.5.